The molecule has 2 rings (SSSR count). The molecular formula is C14H23N3O2. The fraction of sp³-hybridized carbons (Fsp3) is 0.714. The summed E-state index contributed by atoms with van der Waals surface area (Å²) < 4.78 is 0. The third-order valence-electron chi connectivity index (χ3n) is 4.02. The zero-order chi connectivity index (χ0) is 13.7. The lowest BCUT2D eigenvalue weighted by molar-refractivity contribution is -0.130. The van der Waals surface area contributed by atoms with Gasteiger partial charge in [-0.15, -0.1) is 0 Å². The number of hydrogen-bond donors (Lipinski definition) is 1. The van der Waals surface area contributed by atoms with E-state index in [2.05, 4.69) is 17.3 Å². The predicted octanol–water partition coefficient (Wildman–Crippen LogP) is 0.725. The van der Waals surface area contributed by atoms with Crippen molar-refractivity contribution in [3.05, 3.63) is 11.3 Å². The minimum atomic E-state index is -0.00269. The summed E-state index contributed by atoms with van der Waals surface area (Å²) in [6.45, 7) is 3.28. The van der Waals surface area contributed by atoms with Gasteiger partial charge in [0.2, 0.25) is 6.41 Å². The van der Waals surface area contributed by atoms with Crippen molar-refractivity contribution in [1.82, 2.24) is 15.1 Å². The van der Waals surface area contributed by atoms with Crippen LogP contribution in [0.5, 0.6) is 0 Å². The highest BCUT2D eigenvalue weighted by Gasteiger charge is 2.24. The number of likely N-dealkylation sites (N-methyl/N-ethyl adjacent to an activating group) is 1. The van der Waals surface area contributed by atoms with Crippen molar-refractivity contribution in [1.29, 1.82) is 0 Å². The van der Waals surface area contributed by atoms with Gasteiger partial charge in [0.15, 0.2) is 0 Å². The molecule has 2 aliphatic rings. The molecule has 5 heteroatoms. The lowest BCUT2D eigenvalue weighted by Crippen LogP contribution is -2.49. The van der Waals surface area contributed by atoms with Crippen LogP contribution in [0.1, 0.15) is 32.1 Å². The standard InChI is InChI=1S/C14H23N3O2/c1-16-7-9-17(10-8-16)14(19)13(15-11-18)12-5-3-2-4-6-12/h11H,2-10H2,1H3,(H,15,18). The summed E-state index contributed by atoms with van der Waals surface area (Å²) in [6.07, 6.45) is 5.97. The monoisotopic (exact) mass is 265 g/mol. The van der Waals surface area contributed by atoms with Gasteiger partial charge in [0.25, 0.3) is 5.91 Å². The minimum Gasteiger partial charge on any atom is -0.335 e. The van der Waals surface area contributed by atoms with Crippen LogP contribution in [-0.2, 0) is 9.59 Å². The Hall–Kier alpha value is -1.36. The van der Waals surface area contributed by atoms with Crippen LogP contribution in [-0.4, -0.2) is 55.3 Å². The van der Waals surface area contributed by atoms with E-state index in [0.29, 0.717) is 12.1 Å². The molecule has 2 fully saturated rings. The van der Waals surface area contributed by atoms with Gasteiger partial charge >= 0.3 is 0 Å². The highest BCUT2D eigenvalue weighted by Crippen LogP contribution is 2.25. The number of nitrogens with zero attached hydrogens (tertiary/aromatic N) is 2. The van der Waals surface area contributed by atoms with Crippen molar-refractivity contribution in [2.24, 2.45) is 0 Å². The second-order valence-corrected chi connectivity index (χ2v) is 5.40. The first-order valence-electron chi connectivity index (χ1n) is 7.12. The van der Waals surface area contributed by atoms with Crippen molar-refractivity contribution in [2.75, 3.05) is 33.2 Å². The van der Waals surface area contributed by atoms with Crippen LogP contribution in [0.3, 0.4) is 0 Å². The van der Waals surface area contributed by atoms with E-state index in [1.54, 1.807) is 0 Å². The highest BCUT2D eigenvalue weighted by atomic mass is 16.2. The van der Waals surface area contributed by atoms with Crippen molar-refractivity contribution in [2.45, 2.75) is 32.1 Å². The minimum absolute atomic E-state index is 0.00269. The van der Waals surface area contributed by atoms with Crippen LogP contribution < -0.4 is 5.32 Å². The quantitative estimate of drug-likeness (QED) is 0.604. The Morgan fingerprint density at radius 2 is 1.74 bits per heavy atom. The van der Waals surface area contributed by atoms with E-state index in [-0.39, 0.29) is 5.91 Å². The highest BCUT2D eigenvalue weighted by molar-refractivity contribution is 5.95. The summed E-state index contributed by atoms with van der Waals surface area (Å²) in [5.41, 5.74) is 1.67. The number of amides is 2. The van der Waals surface area contributed by atoms with Crippen molar-refractivity contribution < 1.29 is 9.59 Å². The molecule has 1 saturated carbocycles. The smallest absolute Gasteiger partial charge is 0.270 e. The number of hydrogen-bond acceptors (Lipinski definition) is 3. The second-order valence-electron chi connectivity index (χ2n) is 5.40. The molecular weight excluding hydrogens is 242 g/mol. The lowest BCUT2D eigenvalue weighted by atomic mass is 9.93. The van der Waals surface area contributed by atoms with Crippen LogP contribution in [0.25, 0.3) is 0 Å². The molecule has 0 aromatic carbocycles. The first-order valence-corrected chi connectivity index (χ1v) is 7.12. The van der Waals surface area contributed by atoms with Crippen molar-refractivity contribution in [3.8, 4) is 0 Å². The molecule has 19 heavy (non-hydrogen) atoms. The summed E-state index contributed by atoms with van der Waals surface area (Å²) in [6, 6.07) is 0. The summed E-state index contributed by atoms with van der Waals surface area (Å²) >= 11 is 0. The summed E-state index contributed by atoms with van der Waals surface area (Å²) in [5.74, 6) is -0.00269. The Kier molecular flexibility index (Phi) is 4.96. The Morgan fingerprint density at radius 1 is 1.11 bits per heavy atom. The van der Waals surface area contributed by atoms with E-state index in [0.717, 1.165) is 57.4 Å². The van der Waals surface area contributed by atoms with Crippen LogP contribution >= 0.6 is 0 Å². The zero-order valence-corrected chi connectivity index (χ0v) is 11.7. The number of carbonyl (C=O) groups is 2. The molecule has 1 aliphatic carbocycles. The number of allylic oxidation sites excluding steroid dienone is 1. The average molecular weight is 265 g/mol. The normalized spacial score (nSPS) is 21.1. The summed E-state index contributed by atoms with van der Waals surface area (Å²) in [7, 11) is 2.06. The van der Waals surface area contributed by atoms with Gasteiger partial charge in [-0.3, -0.25) is 9.59 Å². The molecule has 0 bridgehead atoms. The van der Waals surface area contributed by atoms with E-state index in [1.165, 1.54) is 6.42 Å². The van der Waals surface area contributed by atoms with Gasteiger partial charge in [-0.2, -0.15) is 0 Å². The molecule has 0 atom stereocenters. The lowest BCUT2D eigenvalue weighted by Gasteiger charge is -2.33. The molecule has 1 N–H and O–H groups in total. The second kappa shape index (κ2) is 6.70. The number of nitrogens with one attached hydrogen (secondary N) is 1. The molecule has 0 unspecified atom stereocenters. The topological polar surface area (TPSA) is 52.6 Å². The molecule has 106 valence electrons. The summed E-state index contributed by atoms with van der Waals surface area (Å²) in [4.78, 5) is 27.4. The Labute approximate surface area is 114 Å². The van der Waals surface area contributed by atoms with Gasteiger partial charge in [-0.05, 0) is 38.3 Å². The van der Waals surface area contributed by atoms with Crippen molar-refractivity contribution >= 4 is 12.3 Å². The fourth-order valence-electron chi connectivity index (χ4n) is 2.77. The van der Waals surface area contributed by atoms with Gasteiger partial charge in [-0.1, -0.05) is 6.42 Å². The molecule has 0 spiro atoms. The fourth-order valence-corrected chi connectivity index (χ4v) is 2.77. The Morgan fingerprint density at radius 3 is 2.32 bits per heavy atom. The predicted molar refractivity (Wildman–Crippen MR) is 73.4 cm³/mol. The zero-order valence-electron chi connectivity index (χ0n) is 11.7. The average Bonchev–Trinajstić information content (AvgIpc) is 2.46. The maximum atomic E-state index is 12.5. The van der Waals surface area contributed by atoms with Crippen LogP contribution in [0.2, 0.25) is 0 Å². The third-order valence-corrected chi connectivity index (χ3v) is 4.02. The van der Waals surface area contributed by atoms with Gasteiger partial charge in [0, 0.05) is 26.2 Å². The van der Waals surface area contributed by atoms with Crippen LogP contribution in [0.15, 0.2) is 11.3 Å². The largest absolute Gasteiger partial charge is 0.335 e. The van der Waals surface area contributed by atoms with Gasteiger partial charge < -0.3 is 15.1 Å². The first kappa shape index (κ1) is 14.1. The first-order chi connectivity index (χ1) is 9.22. The van der Waals surface area contributed by atoms with Crippen LogP contribution in [0.4, 0.5) is 0 Å². The van der Waals surface area contributed by atoms with E-state index in [9.17, 15) is 9.59 Å². The molecule has 0 aromatic rings. The van der Waals surface area contributed by atoms with Gasteiger partial charge in [0.05, 0.1) is 0 Å². The molecule has 0 radical (unpaired) electrons. The Balaban J connectivity index is 2.09. The molecule has 1 aliphatic heterocycles. The molecule has 1 heterocycles. The number of piperazine rings is 1. The molecule has 1 saturated heterocycles. The van der Waals surface area contributed by atoms with E-state index >= 15 is 0 Å². The molecule has 2 amide bonds. The van der Waals surface area contributed by atoms with Crippen molar-refractivity contribution in [3.63, 3.8) is 0 Å². The van der Waals surface area contributed by atoms with Crippen LogP contribution in [0, 0.1) is 0 Å². The summed E-state index contributed by atoms with van der Waals surface area (Å²) in [5, 5.41) is 2.65. The molecule has 0 aromatic heterocycles. The SMILES string of the molecule is CN1CCN(C(=O)C(NC=O)=C2CCCCC2)CC1. The Bertz CT molecular complexity index is 363. The van der Waals surface area contributed by atoms with E-state index < -0.39 is 0 Å². The molecule has 5 nitrogen and oxygen atoms in total. The third kappa shape index (κ3) is 3.56. The number of carbonyl (C=O) groups excluding carboxylic acids is 2. The van der Waals surface area contributed by atoms with E-state index in [4.69, 9.17) is 0 Å². The van der Waals surface area contributed by atoms with Gasteiger partial charge in [-0.25, -0.2) is 0 Å². The number of rotatable bonds is 3. The maximum Gasteiger partial charge on any atom is 0.270 e. The maximum absolute atomic E-state index is 12.5. The van der Waals surface area contributed by atoms with E-state index in [1.807, 2.05) is 4.90 Å². The van der Waals surface area contributed by atoms with Gasteiger partial charge in [0.1, 0.15) is 5.70 Å².